The largest absolute Gasteiger partial charge is 0.417 e. The number of amides is 3. The smallest absolute Gasteiger partial charge is 0.408 e. The molecule has 8 heteroatoms. The number of carbonyl (C=O) groups is 2. The molecule has 0 unspecified atom stereocenters. The molecule has 1 aromatic carbocycles. The first-order valence-corrected chi connectivity index (χ1v) is 9.18. The van der Waals surface area contributed by atoms with Crippen LogP contribution in [0.5, 0.6) is 0 Å². The van der Waals surface area contributed by atoms with E-state index in [1.807, 2.05) is 0 Å². The van der Waals surface area contributed by atoms with Crippen LogP contribution < -0.4 is 11.1 Å². The van der Waals surface area contributed by atoms with Crippen molar-refractivity contribution in [3.8, 4) is 0 Å². The number of oxazole rings is 1. The Kier molecular flexibility index (Phi) is 5.25. The van der Waals surface area contributed by atoms with Crippen LogP contribution in [0.2, 0.25) is 0 Å². The van der Waals surface area contributed by atoms with E-state index < -0.39 is 5.76 Å². The predicted molar refractivity (Wildman–Crippen MR) is 102 cm³/mol. The van der Waals surface area contributed by atoms with Crippen LogP contribution in [-0.2, 0) is 0 Å². The number of urea groups is 1. The highest BCUT2D eigenvalue weighted by Crippen LogP contribution is 2.16. The number of carbonyl (C=O) groups excluding carboxylic acids is 2. The van der Waals surface area contributed by atoms with Crippen LogP contribution in [0.4, 0.5) is 4.79 Å². The second-order valence-electron chi connectivity index (χ2n) is 8.08. The van der Waals surface area contributed by atoms with Gasteiger partial charge < -0.3 is 19.5 Å². The van der Waals surface area contributed by atoms with Gasteiger partial charge in [-0.15, -0.1) is 0 Å². The van der Waals surface area contributed by atoms with E-state index in [1.165, 1.54) is 0 Å². The molecule has 0 aliphatic carbocycles. The number of fused-ring (bicyclic) bond motifs is 1. The molecule has 0 saturated carbocycles. The molecule has 1 fully saturated rings. The van der Waals surface area contributed by atoms with Gasteiger partial charge in [0, 0.05) is 38.3 Å². The number of benzene rings is 1. The van der Waals surface area contributed by atoms with Crippen LogP contribution in [0.3, 0.4) is 0 Å². The molecule has 3 amide bonds. The summed E-state index contributed by atoms with van der Waals surface area (Å²) in [6.45, 7) is 8.97. The van der Waals surface area contributed by atoms with Crippen LogP contribution in [-0.4, -0.2) is 59.4 Å². The Balaban J connectivity index is 1.63. The molecule has 1 aromatic heterocycles. The predicted octanol–water partition coefficient (Wildman–Crippen LogP) is 2.02. The molecule has 0 radical (unpaired) electrons. The normalized spacial score (nSPS) is 15.7. The van der Waals surface area contributed by atoms with E-state index in [9.17, 15) is 14.4 Å². The van der Waals surface area contributed by atoms with Gasteiger partial charge in [-0.25, -0.2) is 9.59 Å². The molecule has 2 aromatic rings. The number of aromatic nitrogens is 1. The third kappa shape index (κ3) is 4.69. The maximum absolute atomic E-state index is 12.8. The third-order valence-corrected chi connectivity index (χ3v) is 4.51. The lowest BCUT2D eigenvalue weighted by molar-refractivity contribution is 0.0762. The van der Waals surface area contributed by atoms with Crippen molar-refractivity contribution in [2.75, 3.05) is 32.7 Å². The Morgan fingerprint density at radius 1 is 1.15 bits per heavy atom. The Labute approximate surface area is 157 Å². The van der Waals surface area contributed by atoms with Gasteiger partial charge in [0.25, 0.3) is 5.91 Å². The lowest BCUT2D eigenvalue weighted by Crippen LogP contribution is -2.44. The molecule has 146 valence electrons. The summed E-state index contributed by atoms with van der Waals surface area (Å²) in [5, 5.41) is 2.96. The molecule has 1 aliphatic heterocycles. The van der Waals surface area contributed by atoms with Gasteiger partial charge in [0.15, 0.2) is 5.58 Å². The van der Waals surface area contributed by atoms with E-state index in [0.29, 0.717) is 49.4 Å². The highest BCUT2D eigenvalue weighted by molar-refractivity contribution is 5.97. The lowest BCUT2D eigenvalue weighted by Gasteiger charge is -2.25. The van der Waals surface area contributed by atoms with Crippen molar-refractivity contribution < 1.29 is 14.0 Å². The zero-order valence-electron chi connectivity index (χ0n) is 16.0. The molecule has 27 heavy (non-hydrogen) atoms. The number of nitrogens with one attached hydrogen (secondary N) is 2. The highest BCUT2D eigenvalue weighted by Gasteiger charge is 2.24. The zero-order chi connectivity index (χ0) is 19.6. The van der Waals surface area contributed by atoms with Crippen molar-refractivity contribution >= 4 is 23.0 Å². The minimum Gasteiger partial charge on any atom is -0.408 e. The van der Waals surface area contributed by atoms with Crippen molar-refractivity contribution in [3.05, 3.63) is 34.3 Å². The van der Waals surface area contributed by atoms with Crippen molar-refractivity contribution in [2.24, 2.45) is 5.41 Å². The number of nitrogens with zero attached hydrogens (tertiary/aromatic N) is 2. The summed E-state index contributed by atoms with van der Waals surface area (Å²) in [5.74, 6) is -0.668. The molecule has 0 atom stereocenters. The lowest BCUT2D eigenvalue weighted by atomic mass is 9.97. The zero-order valence-corrected chi connectivity index (χ0v) is 16.0. The fourth-order valence-corrected chi connectivity index (χ4v) is 3.04. The van der Waals surface area contributed by atoms with Gasteiger partial charge in [-0.3, -0.25) is 9.78 Å². The van der Waals surface area contributed by atoms with E-state index in [0.717, 1.165) is 6.42 Å². The summed E-state index contributed by atoms with van der Waals surface area (Å²) in [7, 11) is 0. The van der Waals surface area contributed by atoms with Gasteiger partial charge in [-0.05, 0) is 30.0 Å². The highest BCUT2D eigenvalue weighted by atomic mass is 16.4. The summed E-state index contributed by atoms with van der Waals surface area (Å²) in [6.07, 6.45) is 0.718. The Morgan fingerprint density at radius 2 is 1.85 bits per heavy atom. The molecular formula is C19H26N4O4. The second kappa shape index (κ2) is 7.46. The first-order valence-electron chi connectivity index (χ1n) is 9.18. The van der Waals surface area contributed by atoms with E-state index in [1.54, 1.807) is 28.0 Å². The van der Waals surface area contributed by atoms with Crippen LogP contribution in [0.25, 0.3) is 11.1 Å². The van der Waals surface area contributed by atoms with E-state index in [-0.39, 0.29) is 17.4 Å². The first kappa shape index (κ1) is 19.0. The monoisotopic (exact) mass is 374 g/mol. The topological polar surface area (TPSA) is 98.6 Å². The average molecular weight is 374 g/mol. The molecule has 8 nitrogen and oxygen atoms in total. The maximum atomic E-state index is 12.8. The van der Waals surface area contributed by atoms with Crippen LogP contribution in [0, 0.1) is 5.41 Å². The second-order valence-corrected chi connectivity index (χ2v) is 8.08. The number of H-pyrrole nitrogens is 1. The van der Waals surface area contributed by atoms with Crippen molar-refractivity contribution in [1.82, 2.24) is 20.1 Å². The molecule has 1 aliphatic rings. The van der Waals surface area contributed by atoms with Crippen molar-refractivity contribution in [1.29, 1.82) is 0 Å². The molecule has 2 heterocycles. The Bertz CT molecular complexity index is 893. The van der Waals surface area contributed by atoms with E-state index in [2.05, 4.69) is 31.1 Å². The Hall–Kier alpha value is -2.77. The fraction of sp³-hybridized carbons (Fsp3) is 0.526. The van der Waals surface area contributed by atoms with Crippen LogP contribution in [0.15, 0.2) is 27.4 Å². The van der Waals surface area contributed by atoms with Crippen LogP contribution >= 0.6 is 0 Å². The summed E-state index contributed by atoms with van der Waals surface area (Å²) < 4.78 is 5.03. The quantitative estimate of drug-likeness (QED) is 0.840. The third-order valence-electron chi connectivity index (χ3n) is 4.51. The molecule has 3 rings (SSSR count). The van der Waals surface area contributed by atoms with Gasteiger partial charge >= 0.3 is 11.8 Å². The average Bonchev–Trinajstić information content (AvgIpc) is 2.81. The van der Waals surface area contributed by atoms with Gasteiger partial charge in [-0.1, -0.05) is 20.8 Å². The molecular weight excluding hydrogens is 348 g/mol. The number of aromatic amines is 1. The number of rotatable bonds is 2. The number of hydrogen-bond donors (Lipinski definition) is 2. The Morgan fingerprint density at radius 3 is 2.59 bits per heavy atom. The molecule has 2 N–H and O–H groups in total. The summed E-state index contributed by atoms with van der Waals surface area (Å²) in [6, 6.07) is 4.83. The fourth-order valence-electron chi connectivity index (χ4n) is 3.04. The van der Waals surface area contributed by atoms with Gasteiger partial charge in [0.1, 0.15) is 0 Å². The first-order chi connectivity index (χ1) is 12.7. The van der Waals surface area contributed by atoms with E-state index in [4.69, 9.17) is 4.42 Å². The van der Waals surface area contributed by atoms with Gasteiger partial charge in [-0.2, -0.15) is 0 Å². The van der Waals surface area contributed by atoms with Crippen molar-refractivity contribution in [2.45, 2.75) is 27.2 Å². The maximum Gasteiger partial charge on any atom is 0.417 e. The van der Waals surface area contributed by atoms with Crippen LogP contribution in [0.1, 0.15) is 37.6 Å². The van der Waals surface area contributed by atoms with E-state index >= 15 is 0 Å². The molecule has 1 saturated heterocycles. The molecule has 0 bridgehead atoms. The summed E-state index contributed by atoms with van der Waals surface area (Å²) in [4.78, 5) is 42.5. The standard InChI is InChI=1S/C19H26N4O4/c1-19(2,3)12-20-17(25)23-8-4-7-22(9-10-23)16(24)13-5-6-14-15(11-13)27-18(26)21-14/h5-6,11H,4,7-10,12H2,1-3H3,(H,20,25)(H,21,26). The molecule has 0 spiro atoms. The summed E-state index contributed by atoms with van der Waals surface area (Å²) >= 11 is 0. The minimum atomic E-state index is -0.540. The minimum absolute atomic E-state index is 0.0232. The van der Waals surface area contributed by atoms with Gasteiger partial charge in [0.2, 0.25) is 0 Å². The SMILES string of the molecule is CC(C)(C)CNC(=O)N1CCCN(C(=O)c2ccc3[nH]c(=O)oc3c2)CC1. The number of hydrogen-bond acceptors (Lipinski definition) is 4. The summed E-state index contributed by atoms with van der Waals surface area (Å²) in [5.41, 5.74) is 1.42. The van der Waals surface area contributed by atoms with Gasteiger partial charge in [0.05, 0.1) is 5.52 Å². The van der Waals surface area contributed by atoms with Crippen molar-refractivity contribution in [3.63, 3.8) is 0 Å².